The number of hydrogen-bond acceptors (Lipinski definition) is 7. The van der Waals surface area contributed by atoms with Crippen LogP contribution in [0.15, 0.2) is 56.8 Å². The second-order valence-electron chi connectivity index (χ2n) is 6.04. The normalized spacial score (nSPS) is 11.2. The first kappa shape index (κ1) is 19.9. The zero-order valence-corrected chi connectivity index (χ0v) is 16.4. The Morgan fingerprint density at radius 2 is 1.66 bits per heavy atom. The van der Waals surface area contributed by atoms with Gasteiger partial charge in [-0.25, -0.2) is 10.2 Å². The number of carbonyl (C=O) groups excluding carboxylic acids is 1. The molecule has 2 aromatic carbocycles. The van der Waals surface area contributed by atoms with Crippen molar-refractivity contribution in [3.63, 3.8) is 0 Å². The zero-order chi connectivity index (χ0) is 21.0. The molecule has 3 aromatic rings. The molecule has 0 radical (unpaired) electrons. The van der Waals surface area contributed by atoms with E-state index in [1.165, 1.54) is 33.5 Å². The highest BCUT2D eigenvalue weighted by Gasteiger charge is 2.17. The van der Waals surface area contributed by atoms with Gasteiger partial charge in [-0.2, -0.15) is 5.10 Å². The highest BCUT2D eigenvalue weighted by molar-refractivity contribution is 6.02. The first-order valence-corrected chi connectivity index (χ1v) is 8.66. The van der Waals surface area contributed by atoms with Crippen molar-refractivity contribution in [2.24, 2.45) is 5.10 Å². The van der Waals surface area contributed by atoms with Gasteiger partial charge in [-0.3, -0.25) is 4.79 Å². The molecule has 3 rings (SSSR count). The molecule has 150 valence electrons. The maximum absolute atomic E-state index is 12.5. The average molecular weight is 396 g/mol. The molecule has 0 fully saturated rings. The molecule has 0 aliphatic heterocycles. The summed E-state index contributed by atoms with van der Waals surface area (Å²) in [6, 6.07) is 11.8. The fourth-order valence-corrected chi connectivity index (χ4v) is 2.79. The Labute approximate surface area is 166 Å². The lowest BCUT2D eigenvalue weighted by molar-refractivity contribution is 0.0954. The van der Waals surface area contributed by atoms with Crippen LogP contribution in [-0.2, 0) is 0 Å². The summed E-state index contributed by atoms with van der Waals surface area (Å²) in [6.45, 7) is 1.61. The largest absolute Gasteiger partial charge is 0.493 e. The molecule has 1 heterocycles. The van der Waals surface area contributed by atoms with Crippen LogP contribution in [0.3, 0.4) is 0 Å². The van der Waals surface area contributed by atoms with Gasteiger partial charge < -0.3 is 18.6 Å². The minimum atomic E-state index is -0.535. The smallest absolute Gasteiger partial charge is 0.345 e. The predicted octanol–water partition coefficient (Wildman–Crippen LogP) is 2.97. The summed E-state index contributed by atoms with van der Waals surface area (Å²) in [5.41, 5.74) is 3.20. The minimum absolute atomic E-state index is 0.251. The Balaban J connectivity index is 1.89. The summed E-state index contributed by atoms with van der Waals surface area (Å²) in [6.07, 6.45) is 0. The van der Waals surface area contributed by atoms with Crippen LogP contribution >= 0.6 is 0 Å². The Morgan fingerprint density at radius 1 is 1.00 bits per heavy atom. The summed E-state index contributed by atoms with van der Waals surface area (Å²) < 4.78 is 21.0. The third kappa shape index (κ3) is 4.06. The summed E-state index contributed by atoms with van der Waals surface area (Å²) in [7, 11) is 4.39. The quantitative estimate of drug-likeness (QED) is 0.391. The van der Waals surface area contributed by atoms with Gasteiger partial charge in [0.25, 0.3) is 5.91 Å². The minimum Gasteiger partial charge on any atom is -0.493 e. The number of fused-ring (bicyclic) bond motifs is 1. The van der Waals surface area contributed by atoms with Crippen molar-refractivity contribution in [3.8, 4) is 17.2 Å². The Morgan fingerprint density at radius 3 is 2.28 bits per heavy atom. The van der Waals surface area contributed by atoms with E-state index in [2.05, 4.69) is 10.5 Å². The predicted molar refractivity (Wildman–Crippen MR) is 108 cm³/mol. The maximum atomic E-state index is 12.5. The average Bonchev–Trinajstić information content (AvgIpc) is 2.75. The molecule has 0 aliphatic rings. The summed E-state index contributed by atoms with van der Waals surface area (Å²) in [5, 5.41) is 4.79. The highest BCUT2D eigenvalue weighted by Crippen LogP contribution is 2.38. The monoisotopic (exact) mass is 396 g/mol. The number of amides is 1. The molecule has 0 spiro atoms. The number of carbonyl (C=O) groups is 1. The van der Waals surface area contributed by atoms with Gasteiger partial charge in [-0.05, 0) is 31.2 Å². The zero-order valence-electron chi connectivity index (χ0n) is 16.4. The Kier molecular flexibility index (Phi) is 5.82. The van der Waals surface area contributed by atoms with Crippen molar-refractivity contribution in [1.82, 2.24) is 5.43 Å². The van der Waals surface area contributed by atoms with Gasteiger partial charge in [0.15, 0.2) is 11.5 Å². The molecule has 0 aliphatic carbocycles. The van der Waals surface area contributed by atoms with E-state index < -0.39 is 11.5 Å². The molecule has 1 amide bonds. The lowest BCUT2D eigenvalue weighted by Crippen LogP contribution is -2.21. The van der Waals surface area contributed by atoms with Gasteiger partial charge in [0.2, 0.25) is 5.75 Å². The molecule has 29 heavy (non-hydrogen) atoms. The number of rotatable bonds is 6. The number of hydrogen-bond donors (Lipinski definition) is 1. The van der Waals surface area contributed by atoms with E-state index >= 15 is 0 Å². The third-order valence-electron chi connectivity index (χ3n) is 4.28. The van der Waals surface area contributed by atoms with Gasteiger partial charge in [0.05, 0.1) is 32.6 Å². The number of benzene rings is 2. The second-order valence-corrected chi connectivity index (χ2v) is 6.04. The van der Waals surface area contributed by atoms with Crippen LogP contribution in [0.4, 0.5) is 0 Å². The van der Waals surface area contributed by atoms with Crippen molar-refractivity contribution in [2.75, 3.05) is 21.3 Å². The van der Waals surface area contributed by atoms with E-state index in [-0.39, 0.29) is 11.1 Å². The van der Waals surface area contributed by atoms with Gasteiger partial charge >= 0.3 is 5.63 Å². The SMILES string of the molecule is COc1cc(C(=O)N/N=C(/C)c2cc3ccccc3oc2=O)cc(OC)c1OC. The van der Waals surface area contributed by atoms with Crippen LogP contribution in [0.25, 0.3) is 11.0 Å². The lowest BCUT2D eigenvalue weighted by atomic mass is 10.1. The number of hydrazone groups is 1. The molecular formula is C21H20N2O6. The summed E-state index contributed by atoms with van der Waals surface area (Å²) in [4.78, 5) is 24.8. The van der Waals surface area contributed by atoms with Crippen LogP contribution in [0.5, 0.6) is 17.2 Å². The standard InChI is InChI=1S/C21H20N2O6/c1-12(15-9-13-7-5-6-8-16(13)29-21(15)25)22-23-20(24)14-10-17(26-2)19(28-4)18(11-14)27-3/h5-11H,1-4H3,(H,23,24)/b22-12-. The van der Waals surface area contributed by atoms with Crippen LogP contribution in [-0.4, -0.2) is 32.9 Å². The number of ether oxygens (including phenoxy) is 3. The van der Waals surface area contributed by atoms with Gasteiger partial charge in [-0.1, -0.05) is 18.2 Å². The molecule has 0 unspecified atom stereocenters. The number of para-hydroxylation sites is 1. The van der Waals surface area contributed by atoms with E-state index in [1.54, 1.807) is 25.1 Å². The van der Waals surface area contributed by atoms with Crippen LogP contribution in [0.2, 0.25) is 0 Å². The van der Waals surface area contributed by atoms with Crippen molar-refractivity contribution >= 4 is 22.6 Å². The first-order chi connectivity index (χ1) is 14.0. The summed E-state index contributed by atoms with van der Waals surface area (Å²) in [5.74, 6) is 0.550. The first-order valence-electron chi connectivity index (χ1n) is 8.66. The Hall–Kier alpha value is -3.81. The van der Waals surface area contributed by atoms with E-state index in [1.807, 2.05) is 12.1 Å². The van der Waals surface area contributed by atoms with E-state index in [4.69, 9.17) is 18.6 Å². The van der Waals surface area contributed by atoms with E-state index in [0.717, 1.165) is 5.39 Å². The molecular weight excluding hydrogens is 376 g/mol. The lowest BCUT2D eigenvalue weighted by Gasteiger charge is -2.13. The molecule has 8 nitrogen and oxygen atoms in total. The molecule has 8 heteroatoms. The van der Waals surface area contributed by atoms with Crippen LogP contribution in [0, 0.1) is 0 Å². The highest BCUT2D eigenvalue weighted by atomic mass is 16.5. The van der Waals surface area contributed by atoms with Crippen LogP contribution < -0.4 is 25.3 Å². The molecule has 0 saturated heterocycles. The van der Waals surface area contributed by atoms with Crippen molar-refractivity contribution < 1.29 is 23.4 Å². The summed E-state index contributed by atoms with van der Waals surface area (Å²) >= 11 is 0. The van der Waals surface area contributed by atoms with E-state index in [0.29, 0.717) is 28.5 Å². The fourth-order valence-electron chi connectivity index (χ4n) is 2.79. The molecule has 1 aromatic heterocycles. The fraction of sp³-hybridized carbons (Fsp3) is 0.190. The topological polar surface area (TPSA) is 99.4 Å². The Bertz CT molecular complexity index is 1120. The molecule has 0 atom stereocenters. The van der Waals surface area contributed by atoms with Crippen molar-refractivity contribution in [3.05, 3.63) is 64.0 Å². The molecule has 1 N–H and O–H groups in total. The maximum Gasteiger partial charge on any atom is 0.345 e. The molecule has 0 bridgehead atoms. The van der Waals surface area contributed by atoms with Crippen LogP contribution in [0.1, 0.15) is 22.8 Å². The number of nitrogens with one attached hydrogen (secondary N) is 1. The number of nitrogens with zero attached hydrogens (tertiary/aromatic N) is 1. The van der Waals surface area contributed by atoms with Gasteiger partial charge in [0, 0.05) is 10.9 Å². The molecule has 0 saturated carbocycles. The van der Waals surface area contributed by atoms with Crippen molar-refractivity contribution in [1.29, 1.82) is 0 Å². The van der Waals surface area contributed by atoms with E-state index in [9.17, 15) is 9.59 Å². The van der Waals surface area contributed by atoms with Gasteiger partial charge in [-0.15, -0.1) is 0 Å². The van der Waals surface area contributed by atoms with Crippen molar-refractivity contribution in [2.45, 2.75) is 6.92 Å². The van der Waals surface area contributed by atoms with Gasteiger partial charge in [0.1, 0.15) is 5.58 Å². The second kappa shape index (κ2) is 8.47. The number of methoxy groups -OCH3 is 3. The third-order valence-corrected chi connectivity index (χ3v) is 4.28.